The summed E-state index contributed by atoms with van der Waals surface area (Å²) in [5.74, 6) is 1.56. The molecule has 1 aliphatic rings. The van der Waals surface area contributed by atoms with Crippen LogP contribution in [0.3, 0.4) is 0 Å². The number of benzene rings is 1. The van der Waals surface area contributed by atoms with Gasteiger partial charge in [-0.1, -0.05) is 30.3 Å². The maximum atomic E-state index is 12.3. The zero-order chi connectivity index (χ0) is 18.2. The van der Waals surface area contributed by atoms with Crippen LogP contribution in [-0.4, -0.2) is 40.7 Å². The molecule has 1 fully saturated rings. The van der Waals surface area contributed by atoms with Crippen molar-refractivity contribution in [3.8, 4) is 0 Å². The lowest BCUT2D eigenvalue weighted by Gasteiger charge is -2.33. The highest BCUT2D eigenvalue weighted by molar-refractivity contribution is 7.99. The van der Waals surface area contributed by atoms with Gasteiger partial charge in [0.2, 0.25) is 5.91 Å². The fourth-order valence-corrected chi connectivity index (χ4v) is 4.28. The molecule has 0 saturated carbocycles. The summed E-state index contributed by atoms with van der Waals surface area (Å²) in [4.78, 5) is 18.9. The molecule has 5 heteroatoms. The lowest BCUT2D eigenvalue weighted by molar-refractivity contribution is -0.119. The largest absolute Gasteiger partial charge is 0.351 e. The number of likely N-dealkylation sites (tertiary alicyclic amines) is 1. The molecule has 0 radical (unpaired) electrons. The highest BCUT2D eigenvalue weighted by Crippen LogP contribution is 2.17. The first-order valence-corrected chi connectivity index (χ1v) is 10.4. The zero-order valence-corrected chi connectivity index (χ0v) is 16.2. The Labute approximate surface area is 160 Å². The van der Waals surface area contributed by atoms with E-state index in [1.54, 1.807) is 18.0 Å². The monoisotopic (exact) mass is 369 g/mol. The van der Waals surface area contributed by atoms with Crippen LogP contribution in [0.25, 0.3) is 0 Å². The number of thioether (sulfide) groups is 1. The average molecular weight is 370 g/mol. The normalized spacial score (nSPS) is 17.8. The Kier molecular flexibility index (Phi) is 7.09. The Balaban J connectivity index is 1.40. The van der Waals surface area contributed by atoms with Crippen molar-refractivity contribution in [3.63, 3.8) is 0 Å². The predicted octanol–water partition coefficient (Wildman–Crippen LogP) is 3.40. The molecule has 2 aromatic rings. The number of nitrogens with one attached hydrogen (secondary N) is 1. The molecule has 26 heavy (non-hydrogen) atoms. The van der Waals surface area contributed by atoms with Crippen LogP contribution in [0, 0.1) is 6.92 Å². The molecule has 1 amide bonds. The highest BCUT2D eigenvalue weighted by atomic mass is 32.2. The molecule has 1 aliphatic heterocycles. The van der Waals surface area contributed by atoms with Gasteiger partial charge >= 0.3 is 0 Å². The lowest BCUT2D eigenvalue weighted by atomic mass is 10.1. The van der Waals surface area contributed by atoms with Crippen LogP contribution >= 0.6 is 11.8 Å². The standard InChI is InChI=1S/C21H27N3OS/c1-17-6-2-3-8-19(17)15-26-16-21(25)23-20-9-5-11-24(14-20)13-18-7-4-10-22-12-18/h2-4,6-8,10,12,20H,5,9,11,13-16H2,1H3,(H,23,25). The number of nitrogens with zero attached hydrogens (tertiary/aromatic N) is 2. The number of pyridine rings is 1. The molecule has 4 nitrogen and oxygen atoms in total. The topological polar surface area (TPSA) is 45.2 Å². The van der Waals surface area contributed by atoms with Gasteiger partial charge in [-0.15, -0.1) is 11.8 Å². The number of carbonyl (C=O) groups excluding carboxylic acids is 1. The highest BCUT2D eigenvalue weighted by Gasteiger charge is 2.21. The van der Waals surface area contributed by atoms with Crippen molar-refractivity contribution in [2.24, 2.45) is 0 Å². The summed E-state index contributed by atoms with van der Waals surface area (Å²) in [6.07, 6.45) is 5.92. The zero-order valence-electron chi connectivity index (χ0n) is 15.4. The molecule has 0 spiro atoms. The molecule has 2 heterocycles. The molecular weight excluding hydrogens is 342 g/mol. The fraction of sp³-hybridized carbons (Fsp3) is 0.429. The molecule has 138 valence electrons. The van der Waals surface area contributed by atoms with E-state index in [4.69, 9.17) is 0 Å². The third-order valence-corrected chi connectivity index (χ3v) is 5.73. The summed E-state index contributed by atoms with van der Waals surface area (Å²) < 4.78 is 0. The van der Waals surface area contributed by atoms with Crippen LogP contribution in [0.4, 0.5) is 0 Å². The molecule has 1 aromatic heterocycles. The number of amides is 1. The number of aryl methyl sites for hydroxylation is 1. The van der Waals surface area contributed by atoms with Crippen molar-refractivity contribution in [2.45, 2.75) is 38.1 Å². The molecule has 1 unspecified atom stereocenters. The van der Waals surface area contributed by atoms with E-state index >= 15 is 0 Å². The quantitative estimate of drug-likeness (QED) is 0.812. The van der Waals surface area contributed by atoms with Gasteiger partial charge < -0.3 is 5.32 Å². The van der Waals surface area contributed by atoms with Gasteiger partial charge in [0.25, 0.3) is 0 Å². The number of hydrogen-bond acceptors (Lipinski definition) is 4. The second-order valence-electron chi connectivity index (χ2n) is 6.92. The summed E-state index contributed by atoms with van der Waals surface area (Å²) in [7, 11) is 0. The Morgan fingerprint density at radius 2 is 2.19 bits per heavy atom. The molecular formula is C21H27N3OS. The fourth-order valence-electron chi connectivity index (χ4n) is 3.36. The molecule has 1 aromatic carbocycles. The van der Waals surface area contributed by atoms with Crippen LogP contribution in [0.1, 0.15) is 29.5 Å². The third-order valence-electron chi connectivity index (χ3n) is 4.75. The van der Waals surface area contributed by atoms with Crippen LogP contribution in [0.5, 0.6) is 0 Å². The maximum Gasteiger partial charge on any atom is 0.230 e. The summed E-state index contributed by atoms with van der Waals surface area (Å²) in [5.41, 5.74) is 3.83. The molecule has 0 bridgehead atoms. The number of hydrogen-bond donors (Lipinski definition) is 1. The van der Waals surface area contributed by atoms with E-state index in [0.717, 1.165) is 38.2 Å². The summed E-state index contributed by atoms with van der Waals surface area (Å²) >= 11 is 1.69. The number of carbonyl (C=O) groups is 1. The van der Waals surface area contributed by atoms with E-state index in [2.05, 4.69) is 52.5 Å². The summed E-state index contributed by atoms with van der Waals surface area (Å²) in [6.45, 7) is 5.03. The first-order chi connectivity index (χ1) is 12.7. The first-order valence-electron chi connectivity index (χ1n) is 9.23. The second kappa shape index (κ2) is 9.74. The van der Waals surface area contributed by atoms with E-state index in [0.29, 0.717) is 5.75 Å². The van der Waals surface area contributed by atoms with Crippen molar-refractivity contribution < 1.29 is 4.79 Å². The van der Waals surface area contributed by atoms with Gasteiger partial charge in [-0.05, 0) is 49.1 Å². The number of aromatic nitrogens is 1. The first kappa shape index (κ1) is 18.9. The van der Waals surface area contributed by atoms with E-state index in [1.165, 1.54) is 16.7 Å². The molecule has 0 aliphatic carbocycles. The second-order valence-corrected chi connectivity index (χ2v) is 7.91. The predicted molar refractivity (Wildman–Crippen MR) is 108 cm³/mol. The number of rotatable bonds is 7. The van der Waals surface area contributed by atoms with Gasteiger partial charge in [0, 0.05) is 37.3 Å². The molecule has 1 N–H and O–H groups in total. The maximum absolute atomic E-state index is 12.3. The van der Waals surface area contributed by atoms with Gasteiger partial charge in [0.05, 0.1) is 5.75 Å². The van der Waals surface area contributed by atoms with Crippen LogP contribution in [0.15, 0.2) is 48.8 Å². The molecule has 3 rings (SSSR count). The smallest absolute Gasteiger partial charge is 0.230 e. The van der Waals surface area contributed by atoms with Crippen molar-refractivity contribution in [1.82, 2.24) is 15.2 Å². The Morgan fingerprint density at radius 1 is 1.31 bits per heavy atom. The minimum absolute atomic E-state index is 0.150. The summed E-state index contributed by atoms with van der Waals surface area (Å²) in [6, 6.07) is 12.7. The van der Waals surface area contributed by atoms with Gasteiger partial charge in [0.1, 0.15) is 0 Å². The van der Waals surface area contributed by atoms with Gasteiger partial charge in [0.15, 0.2) is 0 Å². The van der Waals surface area contributed by atoms with Crippen molar-refractivity contribution in [1.29, 1.82) is 0 Å². The third kappa shape index (κ3) is 5.85. The van der Waals surface area contributed by atoms with Crippen LogP contribution in [0.2, 0.25) is 0 Å². The van der Waals surface area contributed by atoms with E-state index in [9.17, 15) is 4.79 Å². The van der Waals surface area contributed by atoms with Crippen molar-refractivity contribution in [3.05, 3.63) is 65.5 Å². The lowest BCUT2D eigenvalue weighted by Crippen LogP contribution is -2.47. The summed E-state index contributed by atoms with van der Waals surface area (Å²) in [5, 5.41) is 3.22. The number of piperidine rings is 1. The molecule has 1 atom stereocenters. The Bertz CT molecular complexity index is 707. The van der Waals surface area contributed by atoms with Crippen molar-refractivity contribution in [2.75, 3.05) is 18.8 Å². The minimum atomic E-state index is 0.150. The molecule has 1 saturated heterocycles. The van der Waals surface area contributed by atoms with Gasteiger partial charge in [-0.25, -0.2) is 0 Å². The Morgan fingerprint density at radius 3 is 3.00 bits per heavy atom. The van der Waals surface area contributed by atoms with Gasteiger partial charge in [-0.3, -0.25) is 14.7 Å². The van der Waals surface area contributed by atoms with E-state index < -0.39 is 0 Å². The van der Waals surface area contributed by atoms with Crippen molar-refractivity contribution >= 4 is 17.7 Å². The SMILES string of the molecule is Cc1ccccc1CSCC(=O)NC1CCCN(Cc2cccnc2)C1. The minimum Gasteiger partial charge on any atom is -0.351 e. The van der Waals surface area contributed by atoms with E-state index in [-0.39, 0.29) is 11.9 Å². The van der Waals surface area contributed by atoms with Gasteiger partial charge in [-0.2, -0.15) is 0 Å². The van der Waals surface area contributed by atoms with Crippen LogP contribution in [-0.2, 0) is 17.1 Å². The van der Waals surface area contributed by atoms with Crippen LogP contribution < -0.4 is 5.32 Å². The average Bonchev–Trinajstić information content (AvgIpc) is 2.64. The Hall–Kier alpha value is -1.85. The van der Waals surface area contributed by atoms with E-state index in [1.807, 2.05) is 12.3 Å².